The number of rotatable bonds is 4. The van der Waals surface area contributed by atoms with Gasteiger partial charge in [-0.3, -0.25) is 9.48 Å². The van der Waals surface area contributed by atoms with Crippen molar-refractivity contribution in [2.24, 2.45) is 18.7 Å². The van der Waals surface area contributed by atoms with E-state index in [0.717, 1.165) is 50.4 Å². The maximum absolute atomic E-state index is 12.3. The molecule has 1 amide bonds. The summed E-state index contributed by atoms with van der Waals surface area (Å²) in [6.45, 7) is 1.59. The van der Waals surface area contributed by atoms with Crippen LogP contribution in [0.1, 0.15) is 56.6 Å². The van der Waals surface area contributed by atoms with E-state index in [2.05, 4.69) is 10.4 Å². The summed E-state index contributed by atoms with van der Waals surface area (Å²) in [4.78, 5) is 12.3. The summed E-state index contributed by atoms with van der Waals surface area (Å²) >= 11 is 0. The number of carbonyl (C=O) groups excluding carboxylic acids is 1. The van der Waals surface area contributed by atoms with E-state index in [4.69, 9.17) is 10.5 Å². The molecule has 2 heterocycles. The lowest BCUT2D eigenvalue weighted by Crippen LogP contribution is -2.35. The van der Waals surface area contributed by atoms with Gasteiger partial charge >= 0.3 is 0 Å². The lowest BCUT2D eigenvalue weighted by Gasteiger charge is -2.27. The Morgan fingerprint density at radius 3 is 2.83 bits per heavy atom. The zero-order chi connectivity index (χ0) is 16.2. The van der Waals surface area contributed by atoms with Gasteiger partial charge in [-0.05, 0) is 31.6 Å². The van der Waals surface area contributed by atoms with Crippen LogP contribution in [-0.4, -0.2) is 34.9 Å². The SMILES string of the molecule is Cn1nc(C2CCOCC2)cc1NC(=O)C[C@@H]1CCCC[C@@H]1N. The monoisotopic (exact) mass is 320 g/mol. The molecule has 0 unspecified atom stereocenters. The van der Waals surface area contributed by atoms with Gasteiger partial charge in [0.1, 0.15) is 5.82 Å². The van der Waals surface area contributed by atoms with Crippen LogP contribution in [0, 0.1) is 5.92 Å². The number of nitrogens with one attached hydrogen (secondary N) is 1. The van der Waals surface area contributed by atoms with Gasteiger partial charge in [-0.15, -0.1) is 0 Å². The molecule has 0 aromatic carbocycles. The maximum Gasteiger partial charge on any atom is 0.225 e. The largest absolute Gasteiger partial charge is 0.381 e. The molecule has 6 heteroatoms. The van der Waals surface area contributed by atoms with E-state index < -0.39 is 0 Å². The average molecular weight is 320 g/mol. The van der Waals surface area contributed by atoms with Crippen molar-refractivity contribution in [1.29, 1.82) is 0 Å². The summed E-state index contributed by atoms with van der Waals surface area (Å²) in [5, 5.41) is 7.58. The number of carbonyl (C=O) groups is 1. The smallest absolute Gasteiger partial charge is 0.225 e. The Labute approximate surface area is 137 Å². The Morgan fingerprint density at radius 1 is 1.35 bits per heavy atom. The van der Waals surface area contributed by atoms with E-state index in [1.54, 1.807) is 4.68 Å². The molecule has 1 aliphatic heterocycles. The highest BCUT2D eigenvalue weighted by atomic mass is 16.5. The van der Waals surface area contributed by atoms with Crippen molar-refractivity contribution in [1.82, 2.24) is 9.78 Å². The molecule has 1 aromatic rings. The summed E-state index contributed by atoms with van der Waals surface area (Å²) in [6, 6.07) is 2.17. The van der Waals surface area contributed by atoms with E-state index in [-0.39, 0.29) is 11.9 Å². The third-order valence-corrected chi connectivity index (χ3v) is 5.22. The molecule has 3 rings (SSSR count). The highest BCUT2D eigenvalue weighted by Gasteiger charge is 2.25. The number of hydrogen-bond acceptors (Lipinski definition) is 4. The first-order valence-electron chi connectivity index (χ1n) is 8.80. The van der Waals surface area contributed by atoms with E-state index in [0.29, 0.717) is 18.3 Å². The summed E-state index contributed by atoms with van der Waals surface area (Å²) in [5.74, 6) is 1.58. The van der Waals surface area contributed by atoms with Gasteiger partial charge in [0.15, 0.2) is 0 Å². The lowest BCUT2D eigenvalue weighted by molar-refractivity contribution is -0.117. The van der Waals surface area contributed by atoms with Crippen LogP contribution in [0.3, 0.4) is 0 Å². The number of hydrogen-bond donors (Lipinski definition) is 2. The molecule has 1 aliphatic carbocycles. The summed E-state index contributed by atoms with van der Waals surface area (Å²) < 4.78 is 7.17. The molecule has 0 bridgehead atoms. The molecule has 1 saturated heterocycles. The van der Waals surface area contributed by atoms with Gasteiger partial charge in [-0.1, -0.05) is 12.8 Å². The van der Waals surface area contributed by atoms with E-state index in [1.807, 2.05) is 13.1 Å². The van der Waals surface area contributed by atoms with E-state index >= 15 is 0 Å². The highest BCUT2D eigenvalue weighted by Crippen LogP contribution is 2.28. The van der Waals surface area contributed by atoms with Crippen LogP contribution >= 0.6 is 0 Å². The minimum Gasteiger partial charge on any atom is -0.381 e. The third-order valence-electron chi connectivity index (χ3n) is 5.22. The molecule has 3 N–H and O–H groups in total. The maximum atomic E-state index is 12.3. The molecular weight excluding hydrogens is 292 g/mol. The van der Waals surface area contributed by atoms with Crippen molar-refractivity contribution >= 4 is 11.7 Å². The molecule has 2 atom stereocenters. The predicted octanol–water partition coefficient (Wildman–Crippen LogP) is 2.16. The standard InChI is InChI=1S/C17H28N4O2/c1-21-16(11-15(20-21)12-6-8-23-9-7-12)19-17(22)10-13-4-2-3-5-14(13)18/h11-14H,2-10,18H2,1H3,(H,19,22)/t13-,14-/m0/s1. The van der Waals surface area contributed by atoms with Crippen molar-refractivity contribution < 1.29 is 9.53 Å². The zero-order valence-electron chi connectivity index (χ0n) is 14.0. The van der Waals surface area contributed by atoms with Crippen molar-refractivity contribution in [3.05, 3.63) is 11.8 Å². The fourth-order valence-corrected chi connectivity index (χ4v) is 3.72. The van der Waals surface area contributed by atoms with E-state index in [9.17, 15) is 4.79 Å². The first-order valence-corrected chi connectivity index (χ1v) is 8.80. The second-order valence-corrected chi connectivity index (χ2v) is 6.93. The number of amides is 1. The Morgan fingerprint density at radius 2 is 2.09 bits per heavy atom. The first-order chi connectivity index (χ1) is 11.1. The topological polar surface area (TPSA) is 82.2 Å². The molecule has 0 radical (unpaired) electrons. The third kappa shape index (κ3) is 4.12. The summed E-state index contributed by atoms with van der Waals surface area (Å²) in [6.07, 6.45) is 6.99. The second kappa shape index (κ2) is 7.45. The van der Waals surface area contributed by atoms with Gasteiger partial charge in [0.05, 0.1) is 5.69 Å². The van der Waals surface area contributed by atoms with Gasteiger partial charge in [-0.25, -0.2) is 0 Å². The summed E-state index contributed by atoms with van der Waals surface area (Å²) in [5.41, 5.74) is 7.20. The van der Waals surface area contributed by atoms with Crippen LogP contribution in [0.5, 0.6) is 0 Å². The Balaban J connectivity index is 1.58. The number of aryl methyl sites for hydroxylation is 1. The van der Waals surface area contributed by atoms with Crippen LogP contribution in [-0.2, 0) is 16.6 Å². The number of anilines is 1. The normalized spacial score (nSPS) is 26.2. The van der Waals surface area contributed by atoms with Gasteiger partial charge in [0.2, 0.25) is 5.91 Å². The van der Waals surface area contributed by atoms with Crippen LogP contribution in [0.4, 0.5) is 5.82 Å². The van der Waals surface area contributed by atoms with Gasteiger partial charge in [0.25, 0.3) is 0 Å². The molecule has 128 valence electrons. The first kappa shape index (κ1) is 16.5. The number of ether oxygens (including phenoxy) is 1. The molecule has 23 heavy (non-hydrogen) atoms. The van der Waals surface area contributed by atoms with Crippen LogP contribution in [0.15, 0.2) is 6.07 Å². The molecule has 2 fully saturated rings. The molecule has 1 saturated carbocycles. The lowest BCUT2D eigenvalue weighted by atomic mass is 9.83. The van der Waals surface area contributed by atoms with Gasteiger partial charge in [-0.2, -0.15) is 5.10 Å². The minimum atomic E-state index is 0.0499. The van der Waals surface area contributed by atoms with Crippen molar-refractivity contribution in [2.45, 2.75) is 56.9 Å². The van der Waals surface area contributed by atoms with Gasteiger partial charge in [0, 0.05) is 44.7 Å². The fourth-order valence-electron chi connectivity index (χ4n) is 3.72. The van der Waals surface area contributed by atoms with Crippen LogP contribution in [0.25, 0.3) is 0 Å². The van der Waals surface area contributed by atoms with E-state index in [1.165, 1.54) is 12.8 Å². The van der Waals surface area contributed by atoms with Crippen molar-refractivity contribution in [3.63, 3.8) is 0 Å². The van der Waals surface area contributed by atoms with Crippen molar-refractivity contribution in [3.8, 4) is 0 Å². The van der Waals surface area contributed by atoms with Crippen LogP contribution in [0.2, 0.25) is 0 Å². The van der Waals surface area contributed by atoms with Gasteiger partial charge < -0.3 is 15.8 Å². The predicted molar refractivity (Wildman–Crippen MR) is 89.2 cm³/mol. The van der Waals surface area contributed by atoms with Crippen LogP contribution < -0.4 is 11.1 Å². The minimum absolute atomic E-state index is 0.0499. The second-order valence-electron chi connectivity index (χ2n) is 6.93. The molecular formula is C17H28N4O2. The highest BCUT2D eigenvalue weighted by molar-refractivity contribution is 5.90. The molecule has 1 aromatic heterocycles. The van der Waals surface area contributed by atoms with Crippen molar-refractivity contribution in [2.75, 3.05) is 18.5 Å². The molecule has 2 aliphatic rings. The fraction of sp³-hybridized carbons (Fsp3) is 0.765. The number of nitrogens with two attached hydrogens (primary N) is 1. The number of nitrogens with zero attached hydrogens (tertiary/aromatic N) is 2. The molecule has 0 spiro atoms. The Hall–Kier alpha value is -1.40. The number of aromatic nitrogens is 2. The zero-order valence-corrected chi connectivity index (χ0v) is 14.0. The Kier molecular flexibility index (Phi) is 5.33. The molecule has 6 nitrogen and oxygen atoms in total. The average Bonchev–Trinajstić information content (AvgIpc) is 2.91. The summed E-state index contributed by atoms with van der Waals surface area (Å²) in [7, 11) is 1.88. The quantitative estimate of drug-likeness (QED) is 0.890. The Bertz CT molecular complexity index is 537.